The molecule has 0 aliphatic carbocycles. The van der Waals surface area contributed by atoms with Crippen LogP contribution in [0.25, 0.3) is 11.3 Å². The molecular formula is C21H21F3N4O3S. The van der Waals surface area contributed by atoms with Crippen molar-refractivity contribution in [2.75, 3.05) is 19.3 Å². The Balaban J connectivity index is 1.45. The van der Waals surface area contributed by atoms with E-state index in [0.29, 0.717) is 29.9 Å². The Morgan fingerprint density at radius 2 is 1.91 bits per heavy atom. The summed E-state index contributed by atoms with van der Waals surface area (Å²) in [6.45, 7) is 1.31. The van der Waals surface area contributed by atoms with Crippen LogP contribution in [0.3, 0.4) is 0 Å². The van der Waals surface area contributed by atoms with Gasteiger partial charge in [-0.2, -0.15) is 13.2 Å². The Labute approximate surface area is 183 Å². The number of hydrogen-bond acceptors (Lipinski definition) is 6. The van der Waals surface area contributed by atoms with Crippen LogP contribution in [0.15, 0.2) is 59.6 Å². The second-order valence-electron chi connectivity index (χ2n) is 7.65. The standard InChI is InChI=1S/C21H21F3N4O3S/c1-32(29,30)17-4-2-3-15(9-17)18-12-28(27-26-18)19-10-25-11-20(19)31-13-14-5-7-16(8-6-14)21(22,23)24/h2-9,12,19-20,25H,10-11,13H2,1H3. The van der Waals surface area contributed by atoms with E-state index in [1.165, 1.54) is 18.2 Å². The molecule has 11 heteroatoms. The summed E-state index contributed by atoms with van der Waals surface area (Å²) in [5.41, 5.74) is 1.11. The smallest absolute Gasteiger partial charge is 0.370 e. The van der Waals surface area contributed by atoms with Crippen LogP contribution in [0.2, 0.25) is 0 Å². The second kappa shape index (κ2) is 8.64. The van der Waals surface area contributed by atoms with Gasteiger partial charge >= 0.3 is 6.18 Å². The van der Waals surface area contributed by atoms with Crippen LogP contribution in [0.5, 0.6) is 0 Å². The molecule has 2 heterocycles. The Morgan fingerprint density at radius 3 is 2.59 bits per heavy atom. The first-order valence-corrected chi connectivity index (χ1v) is 11.7. The Morgan fingerprint density at radius 1 is 1.16 bits per heavy atom. The zero-order valence-electron chi connectivity index (χ0n) is 17.1. The molecule has 3 aromatic rings. The molecule has 32 heavy (non-hydrogen) atoms. The van der Waals surface area contributed by atoms with Gasteiger partial charge in [-0.15, -0.1) is 5.10 Å². The third kappa shape index (κ3) is 5.00. The quantitative estimate of drug-likeness (QED) is 0.601. The zero-order valence-corrected chi connectivity index (χ0v) is 17.9. The lowest BCUT2D eigenvalue weighted by Gasteiger charge is -2.19. The van der Waals surface area contributed by atoms with E-state index in [1.807, 2.05) is 0 Å². The average molecular weight is 466 g/mol. The first kappa shape index (κ1) is 22.4. The van der Waals surface area contributed by atoms with Gasteiger partial charge in [-0.3, -0.25) is 0 Å². The van der Waals surface area contributed by atoms with Crippen molar-refractivity contribution in [2.45, 2.75) is 29.8 Å². The van der Waals surface area contributed by atoms with Crippen LogP contribution in [-0.2, 0) is 27.4 Å². The number of aromatic nitrogens is 3. The summed E-state index contributed by atoms with van der Waals surface area (Å²) in [5.74, 6) is 0. The third-order valence-electron chi connectivity index (χ3n) is 5.28. The maximum Gasteiger partial charge on any atom is 0.416 e. The van der Waals surface area contributed by atoms with E-state index in [-0.39, 0.29) is 23.6 Å². The topological polar surface area (TPSA) is 86.1 Å². The number of benzene rings is 2. The van der Waals surface area contributed by atoms with Gasteiger partial charge < -0.3 is 10.1 Å². The zero-order chi connectivity index (χ0) is 22.9. The van der Waals surface area contributed by atoms with E-state index < -0.39 is 21.6 Å². The number of sulfone groups is 1. The molecule has 1 saturated heterocycles. The molecule has 0 radical (unpaired) electrons. The molecule has 1 aliphatic rings. The fraction of sp³-hybridized carbons (Fsp3) is 0.333. The summed E-state index contributed by atoms with van der Waals surface area (Å²) in [7, 11) is -3.34. The lowest BCUT2D eigenvalue weighted by Crippen LogP contribution is -2.26. The predicted molar refractivity (Wildman–Crippen MR) is 110 cm³/mol. The van der Waals surface area contributed by atoms with Crippen molar-refractivity contribution < 1.29 is 26.3 Å². The second-order valence-corrected chi connectivity index (χ2v) is 9.67. The van der Waals surface area contributed by atoms with Crippen LogP contribution in [-0.4, -0.2) is 48.9 Å². The van der Waals surface area contributed by atoms with Gasteiger partial charge in [0.05, 0.1) is 35.4 Å². The Bertz CT molecular complexity index is 1190. The molecule has 1 aromatic heterocycles. The first-order chi connectivity index (χ1) is 15.1. The Kier molecular flexibility index (Phi) is 6.06. The van der Waals surface area contributed by atoms with Crippen molar-refractivity contribution in [3.63, 3.8) is 0 Å². The van der Waals surface area contributed by atoms with Gasteiger partial charge in [0.25, 0.3) is 0 Å². The van der Waals surface area contributed by atoms with Gasteiger partial charge in [0.1, 0.15) is 5.69 Å². The summed E-state index contributed by atoms with van der Waals surface area (Å²) < 4.78 is 69.4. The summed E-state index contributed by atoms with van der Waals surface area (Å²) >= 11 is 0. The van der Waals surface area contributed by atoms with E-state index in [4.69, 9.17) is 4.74 Å². The number of halogens is 3. The molecule has 0 amide bonds. The SMILES string of the molecule is CS(=O)(=O)c1cccc(-c2cn(C3CNCC3OCc3ccc(C(F)(F)F)cc3)nn2)c1. The highest BCUT2D eigenvalue weighted by atomic mass is 32.2. The number of rotatable bonds is 6. The Hall–Kier alpha value is -2.76. The van der Waals surface area contributed by atoms with Crippen molar-refractivity contribution in [3.8, 4) is 11.3 Å². The van der Waals surface area contributed by atoms with Crippen LogP contribution in [0.1, 0.15) is 17.2 Å². The largest absolute Gasteiger partial charge is 0.416 e. The van der Waals surface area contributed by atoms with Crippen LogP contribution in [0, 0.1) is 0 Å². The van der Waals surface area contributed by atoms with E-state index in [1.54, 1.807) is 29.1 Å². The van der Waals surface area contributed by atoms with Crippen molar-refractivity contribution in [1.29, 1.82) is 0 Å². The number of alkyl halides is 3. The van der Waals surface area contributed by atoms with Crippen molar-refractivity contribution in [1.82, 2.24) is 20.3 Å². The molecular weight excluding hydrogens is 445 g/mol. The number of hydrogen-bond donors (Lipinski definition) is 1. The normalized spacial score (nSPS) is 19.4. The van der Waals surface area contributed by atoms with Crippen molar-refractivity contribution in [2.24, 2.45) is 0 Å². The molecule has 2 aromatic carbocycles. The van der Waals surface area contributed by atoms with Gasteiger partial charge in [0.15, 0.2) is 9.84 Å². The first-order valence-electron chi connectivity index (χ1n) is 9.82. The fourth-order valence-corrected chi connectivity index (χ4v) is 4.19. The minimum absolute atomic E-state index is 0.163. The molecule has 7 nitrogen and oxygen atoms in total. The van der Waals surface area contributed by atoms with Gasteiger partial charge in [-0.05, 0) is 29.8 Å². The molecule has 2 atom stereocenters. The molecule has 1 N–H and O–H groups in total. The maximum atomic E-state index is 12.7. The monoisotopic (exact) mass is 466 g/mol. The molecule has 4 rings (SSSR count). The number of nitrogens with zero attached hydrogens (tertiary/aromatic N) is 3. The molecule has 1 aliphatic heterocycles. The molecule has 1 fully saturated rings. The van der Waals surface area contributed by atoms with Gasteiger partial charge in [0.2, 0.25) is 0 Å². The van der Waals surface area contributed by atoms with Gasteiger partial charge in [-0.1, -0.05) is 29.5 Å². The third-order valence-corrected chi connectivity index (χ3v) is 6.39. The lowest BCUT2D eigenvalue weighted by molar-refractivity contribution is -0.137. The minimum Gasteiger partial charge on any atom is -0.370 e. The van der Waals surface area contributed by atoms with Crippen LogP contribution >= 0.6 is 0 Å². The van der Waals surface area contributed by atoms with E-state index >= 15 is 0 Å². The molecule has 170 valence electrons. The molecule has 0 saturated carbocycles. The average Bonchev–Trinajstić information content (AvgIpc) is 3.41. The van der Waals surface area contributed by atoms with E-state index in [2.05, 4.69) is 15.6 Å². The van der Waals surface area contributed by atoms with E-state index in [0.717, 1.165) is 18.4 Å². The molecule has 0 spiro atoms. The predicted octanol–water partition coefficient (Wildman–Crippen LogP) is 3.10. The summed E-state index contributed by atoms with van der Waals surface area (Å²) in [4.78, 5) is 0.199. The van der Waals surface area contributed by atoms with Crippen molar-refractivity contribution in [3.05, 3.63) is 65.9 Å². The highest BCUT2D eigenvalue weighted by molar-refractivity contribution is 7.90. The minimum atomic E-state index is -4.37. The summed E-state index contributed by atoms with van der Waals surface area (Å²) in [6.07, 6.45) is -1.75. The lowest BCUT2D eigenvalue weighted by atomic mass is 10.1. The highest BCUT2D eigenvalue weighted by Crippen LogP contribution is 2.29. The van der Waals surface area contributed by atoms with Crippen LogP contribution in [0.4, 0.5) is 13.2 Å². The number of nitrogens with one attached hydrogen (secondary N) is 1. The fourth-order valence-electron chi connectivity index (χ4n) is 3.53. The number of ether oxygens (including phenoxy) is 1. The van der Waals surface area contributed by atoms with Gasteiger partial charge in [0, 0.05) is 24.9 Å². The molecule has 0 bridgehead atoms. The molecule has 2 unspecified atom stereocenters. The maximum absolute atomic E-state index is 12.7. The van der Waals surface area contributed by atoms with Gasteiger partial charge in [-0.25, -0.2) is 13.1 Å². The van der Waals surface area contributed by atoms with Crippen LogP contribution < -0.4 is 5.32 Å². The highest BCUT2D eigenvalue weighted by Gasteiger charge is 2.32. The summed E-state index contributed by atoms with van der Waals surface area (Å²) in [5, 5.41) is 11.6. The summed E-state index contributed by atoms with van der Waals surface area (Å²) in [6, 6.07) is 11.2. The van der Waals surface area contributed by atoms with E-state index in [9.17, 15) is 21.6 Å². The van der Waals surface area contributed by atoms with Crippen molar-refractivity contribution >= 4 is 9.84 Å².